The van der Waals surface area contributed by atoms with Gasteiger partial charge in [0.1, 0.15) is 6.04 Å². The van der Waals surface area contributed by atoms with E-state index in [1.807, 2.05) is 72.3 Å². The number of rotatable bonds is 12. The van der Waals surface area contributed by atoms with Crippen molar-refractivity contribution in [2.45, 2.75) is 45.6 Å². The average Bonchev–Trinajstić information content (AvgIpc) is 3.55. The van der Waals surface area contributed by atoms with Crippen LogP contribution < -0.4 is 21.5 Å². The van der Waals surface area contributed by atoms with E-state index in [9.17, 15) is 19.2 Å². The highest BCUT2D eigenvalue weighted by molar-refractivity contribution is 7.14. The summed E-state index contributed by atoms with van der Waals surface area (Å²) in [6.45, 7) is 6.41. The minimum Gasteiger partial charge on any atom is -0.378 e. The third-order valence-corrected chi connectivity index (χ3v) is 10.7. The number of thiophene rings is 1. The van der Waals surface area contributed by atoms with Crippen LogP contribution in [-0.4, -0.2) is 83.5 Å². The van der Waals surface area contributed by atoms with Crippen molar-refractivity contribution in [3.05, 3.63) is 91.5 Å². The SMILES string of the molecule is CC(=O)NCCOCCN1CCN(C)[C@H](c2ccc(Nc3nc(-c4cccc(NC(=O)c5cc6c(s5)CCCC6)c4C)cn(C)c3=O)cc2)C1=O. The lowest BCUT2D eigenvalue weighted by molar-refractivity contribution is -0.142. The summed E-state index contributed by atoms with van der Waals surface area (Å²) in [5.41, 5.74) is 5.44. The summed E-state index contributed by atoms with van der Waals surface area (Å²) in [4.78, 5) is 61.6. The molecule has 3 heterocycles. The van der Waals surface area contributed by atoms with Gasteiger partial charge in [0, 0.05) is 68.2 Å². The Labute approximate surface area is 301 Å². The molecule has 0 spiro atoms. The van der Waals surface area contributed by atoms with Crippen LogP contribution in [0.2, 0.25) is 0 Å². The van der Waals surface area contributed by atoms with Crippen LogP contribution in [0.1, 0.15) is 57.0 Å². The molecule has 3 N–H and O–H groups in total. The third kappa shape index (κ3) is 8.38. The summed E-state index contributed by atoms with van der Waals surface area (Å²) in [6, 6.07) is 14.8. The predicted octanol–water partition coefficient (Wildman–Crippen LogP) is 4.66. The van der Waals surface area contributed by atoms with Crippen molar-refractivity contribution >= 4 is 46.3 Å². The van der Waals surface area contributed by atoms with E-state index in [0.29, 0.717) is 49.9 Å². The first kappa shape index (κ1) is 36.0. The van der Waals surface area contributed by atoms with Gasteiger partial charge >= 0.3 is 0 Å². The van der Waals surface area contributed by atoms with Crippen LogP contribution in [0.4, 0.5) is 17.2 Å². The van der Waals surface area contributed by atoms with Crippen LogP contribution in [0.3, 0.4) is 0 Å². The molecule has 4 aromatic rings. The summed E-state index contributed by atoms with van der Waals surface area (Å²) < 4.78 is 7.10. The van der Waals surface area contributed by atoms with Gasteiger partial charge in [-0.2, -0.15) is 0 Å². The Bertz CT molecular complexity index is 1950. The number of likely N-dealkylation sites (N-methyl/N-ethyl adjacent to an activating group) is 1. The molecule has 2 aliphatic rings. The van der Waals surface area contributed by atoms with Gasteiger partial charge in [-0.1, -0.05) is 24.3 Å². The topological polar surface area (TPSA) is 138 Å². The molecule has 1 fully saturated rings. The van der Waals surface area contributed by atoms with Crippen molar-refractivity contribution < 1.29 is 19.1 Å². The maximum absolute atomic E-state index is 13.5. The number of anilines is 3. The summed E-state index contributed by atoms with van der Waals surface area (Å²) in [7, 11) is 3.62. The van der Waals surface area contributed by atoms with E-state index in [-0.39, 0.29) is 29.1 Å². The second-order valence-electron chi connectivity index (χ2n) is 13.1. The van der Waals surface area contributed by atoms with Crippen LogP contribution in [0.5, 0.6) is 0 Å². The quantitative estimate of drug-likeness (QED) is 0.181. The Kier molecular flexibility index (Phi) is 11.3. The van der Waals surface area contributed by atoms with Crippen molar-refractivity contribution in [2.75, 3.05) is 57.1 Å². The zero-order valence-electron chi connectivity index (χ0n) is 29.6. The molecule has 51 heavy (non-hydrogen) atoms. The lowest BCUT2D eigenvalue weighted by Gasteiger charge is -2.39. The van der Waals surface area contributed by atoms with E-state index in [2.05, 4.69) is 16.0 Å². The van der Waals surface area contributed by atoms with Crippen molar-refractivity contribution in [1.82, 2.24) is 24.7 Å². The first-order chi connectivity index (χ1) is 24.6. The van der Waals surface area contributed by atoms with Crippen molar-refractivity contribution in [1.29, 1.82) is 0 Å². The van der Waals surface area contributed by atoms with Gasteiger partial charge in [0.05, 0.1) is 23.8 Å². The molecule has 1 atom stereocenters. The monoisotopic (exact) mass is 711 g/mol. The predicted molar refractivity (Wildman–Crippen MR) is 200 cm³/mol. The second-order valence-corrected chi connectivity index (χ2v) is 14.3. The molecule has 0 unspecified atom stereocenters. The molecule has 0 radical (unpaired) electrons. The summed E-state index contributed by atoms with van der Waals surface area (Å²) in [5.74, 6) is -0.0554. The summed E-state index contributed by atoms with van der Waals surface area (Å²) in [6.07, 6.45) is 6.11. The van der Waals surface area contributed by atoms with Gasteiger partial charge in [0.25, 0.3) is 11.5 Å². The van der Waals surface area contributed by atoms with E-state index in [1.165, 1.54) is 34.8 Å². The number of amides is 3. The fourth-order valence-electron chi connectivity index (χ4n) is 6.61. The number of hydrogen-bond donors (Lipinski definition) is 3. The van der Waals surface area contributed by atoms with Gasteiger partial charge in [-0.25, -0.2) is 4.98 Å². The Morgan fingerprint density at radius 3 is 2.57 bits per heavy atom. The van der Waals surface area contributed by atoms with Crippen LogP contribution >= 0.6 is 11.3 Å². The number of carbonyl (C=O) groups excluding carboxylic acids is 3. The number of aromatic nitrogens is 2. The number of aryl methyl sites for hydroxylation is 3. The molecule has 3 amide bonds. The zero-order valence-corrected chi connectivity index (χ0v) is 30.4. The number of benzene rings is 2. The zero-order chi connectivity index (χ0) is 36.1. The molecular formula is C38H45N7O5S. The van der Waals surface area contributed by atoms with E-state index in [0.717, 1.165) is 41.0 Å². The lowest BCUT2D eigenvalue weighted by Crippen LogP contribution is -2.51. The Morgan fingerprint density at radius 1 is 1.02 bits per heavy atom. The number of nitrogens with zero attached hydrogens (tertiary/aromatic N) is 4. The van der Waals surface area contributed by atoms with E-state index >= 15 is 0 Å². The summed E-state index contributed by atoms with van der Waals surface area (Å²) in [5, 5.41) is 8.97. The number of hydrogen-bond acceptors (Lipinski definition) is 9. The molecule has 1 aliphatic carbocycles. The van der Waals surface area contributed by atoms with Gasteiger partial charge in [0.15, 0.2) is 5.82 Å². The van der Waals surface area contributed by atoms with Crippen molar-refractivity contribution in [2.24, 2.45) is 7.05 Å². The molecule has 2 aromatic carbocycles. The maximum atomic E-state index is 13.5. The fraction of sp³-hybridized carbons (Fsp3) is 0.395. The van der Waals surface area contributed by atoms with Crippen LogP contribution in [0, 0.1) is 6.92 Å². The van der Waals surface area contributed by atoms with Crippen LogP contribution in [-0.2, 0) is 34.2 Å². The molecule has 0 bridgehead atoms. The smallest absolute Gasteiger partial charge is 0.293 e. The van der Waals surface area contributed by atoms with Gasteiger partial charge in [-0.3, -0.25) is 24.1 Å². The van der Waals surface area contributed by atoms with Crippen LogP contribution in [0.25, 0.3) is 11.3 Å². The second kappa shape index (κ2) is 16.0. The summed E-state index contributed by atoms with van der Waals surface area (Å²) >= 11 is 1.58. The molecule has 13 heteroatoms. The number of nitrogens with one attached hydrogen (secondary N) is 3. The maximum Gasteiger partial charge on any atom is 0.293 e. The van der Waals surface area contributed by atoms with Gasteiger partial charge < -0.3 is 30.2 Å². The molecule has 1 saturated heterocycles. The Morgan fingerprint density at radius 2 is 1.80 bits per heavy atom. The minimum atomic E-state index is -0.442. The number of piperazine rings is 1. The van der Waals surface area contributed by atoms with Crippen LogP contribution in [0.15, 0.2) is 59.5 Å². The number of ether oxygens (including phenoxy) is 1. The molecule has 12 nitrogen and oxygen atoms in total. The Balaban J connectivity index is 1.13. The normalized spacial score (nSPS) is 16.1. The molecular weight excluding hydrogens is 667 g/mol. The molecule has 1 aliphatic heterocycles. The highest BCUT2D eigenvalue weighted by atomic mass is 32.1. The van der Waals surface area contributed by atoms with Crippen molar-refractivity contribution in [3.63, 3.8) is 0 Å². The average molecular weight is 712 g/mol. The Hall–Kier alpha value is -4.85. The largest absolute Gasteiger partial charge is 0.378 e. The van der Waals surface area contributed by atoms with E-state index in [4.69, 9.17) is 9.72 Å². The van der Waals surface area contributed by atoms with Crippen molar-refractivity contribution in [3.8, 4) is 11.3 Å². The van der Waals surface area contributed by atoms with E-state index < -0.39 is 6.04 Å². The third-order valence-electron chi connectivity index (χ3n) is 9.47. The van der Waals surface area contributed by atoms with Gasteiger partial charge in [-0.05, 0) is 80.6 Å². The molecule has 268 valence electrons. The number of carbonyl (C=O) groups is 3. The van der Waals surface area contributed by atoms with Gasteiger partial charge in [-0.15, -0.1) is 11.3 Å². The first-order valence-electron chi connectivity index (χ1n) is 17.4. The first-order valence-corrected chi connectivity index (χ1v) is 18.2. The fourth-order valence-corrected chi connectivity index (χ4v) is 7.76. The highest BCUT2D eigenvalue weighted by Gasteiger charge is 2.33. The minimum absolute atomic E-state index is 0.00135. The standard InChI is InChI=1S/C38H45N7O5S/c1-24-29(9-7-10-30(24)42-36(47)33-22-27-8-5-6-11-32(27)51-33)31-23-44(4)38(49)35(41-31)40-28-14-12-26(13-15-28)34-37(48)45(18-17-43(34)3)19-21-50-20-16-39-25(2)46/h7,9-10,12-15,22-23,34H,5-6,8,11,16-21H2,1-4H3,(H,39,46)(H,40,41)(H,42,47)/t34-/m1/s1. The number of fused-ring (bicyclic) bond motifs is 1. The van der Waals surface area contributed by atoms with E-state index in [1.54, 1.807) is 24.6 Å². The molecule has 2 aromatic heterocycles. The van der Waals surface area contributed by atoms with Gasteiger partial charge in [0.2, 0.25) is 11.8 Å². The molecule has 6 rings (SSSR count). The highest BCUT2D eigenvalue weighted by Crippen LogP contribution is 2.32. The lowest BCUT2D eigenvalue weighted by atomic mass is 9.99. The molecule has 0 saturated carbocycles.